The second-order valence-corrected chi connectivity index (χ2v) is 5.06. The molecule has 2 rings (SSSR count). The maximum Gasteiger partial charge on any atom is 0.262 e. The van der Waals surface area contributed by atoms with Crippen molar-refractivity contribution in [3.05, 3.63) is 33.2 Å². The van der Waals surface area contributed by atoms with Crippen molar-refractivity contribution in [2.24, 2.45) is 5.92 Å². The molecule has 3 nitrogen and oxygen atoms in total. The van der Waals surface area contributed by atoms with Crippen molar-refractivity contribution in [3.63, 3.8) is 0 Å². The molecule has 0 N–H and O–H groups in total. The van der Waals surface area contributed by atoms with Gasteiger partial charge < -0.3 is 4.57 Å². The van der Waals surface area contributed by atoms with Crippen molar-refractivity contribution >= 4 is 17.9 Å². The lowest BCUT2D eigenvalue weighted by molar-refractivity contribution is 0.112. The van der Waals surface area contributed by atoms with Gasteiger partial charge in [0.1, 0.15) is 0 Å². The molecule has 0 unspecified atom stereocenters. The number of hydrogen-bond acceptors (Lipinski definition) is 2. The number of carbonyl (C=O) groups is 1. The lowest BCUT2D eigenvalue weighted by Gasteiger charge is -2.22. The molecule has 0 radical (unpaired) electrons. The zero-order valence-corrected chi connectivity index (χ0v) is 10.4. The van der Waals surface area contributed by atoms with Gasteiger partial charge in [0.2, 0.25) is 0 Å². The molecule has 0 aromatic carbocycles. The van der Waals surface area contributed by atoms with Crippen LogP contribution in [0.4, 0.5) is 0 Å². The first kappa shape index (κ1) is 12.4. The Morgan fingerprint density at radius 3 is 2.71 bits per heavy atom. The van der Waals surface area contributed by atoms with E-state index in [-0.39, 0.29) is 16.1 Å². The fourth-order valence-electron chi connectivity index (χ4n) is 2.47. The van der Waals surface area contributed by atoms with E-state index >= 15 is 0 Å². The van der Waals surface area contributed by atoms with Gasteiger partial charge in [-0.15, -0.1) is 0 Å². The molecular formula is C13H16ClNO2. The molecule has 0 saturated heterocycles. The summed E-state index contributed by atoms with van der Waals surface area (Å²) >= 11 is 5.80. The number of pyridine rings is 1. The second-order valence-electron chi connectivity index (χ2n) is 4.66. The molecule has 0 aliphatic heterocycles. The van der Waals surface area contributed by atoms with Gasteiger partial charge in [-0.05, 0) is 24.8 Å². The van der Waals surface area contributed by atoms with Crippen molar-refractivity contribution in [3.8, 4) is 0 Å². The van der Waals surface area contributed by atoms with E-state index in [1.807, 2.05) is 0 Å². The SMILES string of the molecule is O=Cc1c(Cl)ccn(CC2CCCCC2)c1=O. The van der Waals surface area contributed by atoms with E-state index < -0.39 is 0 Å². The maximum absolute atomic E-state index is 11.9. The summed E-state index contributed by atoms with van der Waals surface area (Å²) in [5.41, 5.74) is -0.192. The fourth-order valence-corrected chi connectivity index (χ4v) is 2.65. The summed E-state index contributed by atoms with van der Waals surface area (Å²) in [6, 6.07) is 1.62. The van der Waals surface area contributed by atoms with Crippen molar-refractivity contribution in [1.29, 1.82) is 0 Å². The van der Waals surface area contributed by atoms with Crippen molar-refractivity contribution < 1.29 is 4.79 Å². The third-order valence-electron chi connectivity index (χ3n) is 3.45. The molecule has 1 aromatic heterocycles. The fraction of sp³-hybridized carbons (Fsp3) is 0.538. The van der Waals surface area contributed by atoms with E-state index in [2.05, 4.69) is 0 Å². The zero-order chi connectivity index (χ0) is 12.3. The first-order valence-corrected chi connectivity index (χ1v) is 6.44. The van der Waals surface area contributed by atoms with Gasteiger partial charge in [-0.2, -0.15) is 0 Å². The molecule has 4 heteroatoms. The largest absolute Gasteiger partial charge is 0.315 e. The number of aromatic nitrogens is 1. The molecule has 0 bridgehead atoms. The summed E-state index contributed by atoms with van der Waals surface area (Å²) in [4.78, 5) is 22.7. The number of rotatable bonds is 3. The van der Waals surface area contributed by atoms with E-state index in [4.69, 9.17) is 11.6 Å². The molecule has 92 valence electrons. The van der Waals surface area contributed by atoms with Crippen LogP contribution < -0.4 is 5.56 Å². The Morgan fingerprint density at radius 2 is 2.06 bits per heavy atom. The number of halogens is 1. The first-order valence-electron chi connectivity index (χ1n) is 6.06. The molecule has 1 fully saturated rings. The van der Waals surface area contributed by atoms with Crippen LogP contribution in [0.15, 0.2) is 17.1 Å². The summed E-state index contributed by atoms with van der Waals surface area (Å²) in [5.74, 6) is 0.558. The number of nitrogens with zero attached hydrogens (tertiary/aromatic N) is 1. The zero-order valence-electron chi connectivity index (χ0n) is 9.69. The van der Waals surface area contributed by atoms with E-state index in [1.54, 1.807) is 16.8 Å². The maximum atomic E-state index is 11.9. The molecule has 1 aliphatic rings. The predicted molar refractivity (Wildman–Crippen MR) is 67.7 cm³/mol. The van der Waals surface area contributed by atoms with Crippen LogP contribution in [0.1, 0.15) is 42.5 Å². The smallest absolute Gasteiger partial charge is 0.262 e. The van der Waals surface area contributed by atoms with Crippen LogP contribution in [0.2, 0.25) is 5.02 Å². The Morgan fingerprint density at radius 1 is 1.35 bits per heavy atom. The van der Waals surface area contributed by atoms with E-state index in [9.17, 15) is 9.59 Å². The molecule has 1 aromatic rings. The summed E-state index contributed by atoms with van der Waals surface area (Å²) in [7, 11) is 0. The van der Waals surface area contributed by atoms with Crippen molar-refractivity contribution in [2.75, 3.05) is 0 Å². The number of hydrogen-bond donors (Lipinski definition) is 0. The molecule has 0 amide bonds. The van der Waals surface area contributed by atoms with Gasteiger partial charge in [0.15, 0.2) is 6.29 Å². The van der Waals surface area contributed by atoms with Crippen LogP contribution in [-0.2, 0) is 6.54 Å². The highest BCUT2D eigenvalue weighted by atomic mass is 35.5. The average Bonchev–Trinajstić information content (AvgIpc) is 2.35. The minimum absolute atomic E-state index is 0.0741. The van der Waals surface area contributed by atoms with E-state index in [0.717, 1.165) is 0 Å². The third-order valence-corrected chi connectivity index (χ3v) is 3.78. The predicted octanol–water partition coefficient (Wildman–Crippen LogP) is 2.89. The minimum Gasteiger partial charge on any atom is -0.315 e. The number of carbonyl (C=O) groups excluding carboxylic acids is 1. The third kappa shape index (κ3) is 2.78. The van der Waals surface area contributed by atoms with Crippen LogP contribution >= 0.6 is 11.6 Å². The standard InChI is InChI=1S/C13H16ClNO2/c14-12-6-7-15(13(17)11(12)9-16)8-10-4-2-1-3-5-10/h6-7,9-10H,1-5,8H2. The monoisotopic (exact) mass is 253 g/mol. The lowest BCUT2D eigenvalue weighted by atomic mass is 9.89. The van der Waals surface area contributed by atoms with Crippen LogP contribution in [0, 0.1) is 5.92 Å². The van der Waals surface area contributed by atoms with Crippen molar-refractivity contribution in [1.82, 2.24) is 4.57 Å². The van der Waals surface area contributed by atoms with Crippen LogP contribution in [0.3, 0.4) is 0 Å². The highest BCUT2D eigenvalue weighted by molar-refractivity contribution is 6.32. The summed E-state index contributed by atoms with van der Waals surface area (Å²) in [5, 5.41) is 0.241. The molecule has 17 heavy (non-hydrogen) atoms. The molecule has 0 spiro atoms. The Kier molecular flexibility index (Phi) is 4.00. The first-order chi connectivity index (χ1) is 8.22. The highest BCUT2D eigenvalue weighted by Gasteiger charge is 2.15. The van der Waals surface area contributed by atoms with E-state index in [0.29, 0.717) is 18.7 Å². The molecule has 1 heterocycles. The number of aldehydes is 1. The summed E-state index contributed by atoms with van der Waals surface area (Å²) < 4.78 is 1.62. The lowest BCUT2D eigenvalue weighted by Crippen LogP contribution is -2.27. The van der Waals surface area contributed by atoms with Crippen LogP contribution in [0.25, 0.3) is 0 Å². The minimum atomic E-state index is -0.266. The molecule has 1 aliphatic carbocycles. The van der Waals surface area contributed by atoms with Gasteiger partial charge in [0, 0.05) is 12.7 Å². The van der Waals surface area contributed by atoms with Crippen LogP contribution in [0.5, 0.6) is 0 Å². The molecular weight excluding hydrogens is 238 g/mol. The molecule has 1 saturated carbocycles. The van der Waals surface area contributed by atoms with Gasteiger partial charge in [0.05, 0.1) is 10.6 Å². The Bertz CT molecular complexity index is 461. The Hall–Kier alpha value is -1.09. The second kappa shape index (κ2) is 5.50. The van der Waals surface area contributed by atoms with Crippen LogP contribution in [-0.4, -0.2) is 10.9 Å². The Balaban J connectivity index is 2.21. The van der Waals surface area contributed by atoms with Gasteiger partial charge in [-0.3, -0.25) is 9.59 Å². The average molecular weight is 254 g/mol. The van der Waals surface area contributed by atoms with Gasteiger partial charge in [0.25, 0.3) is 5.56 Å². The quantitative estimate of drug-likeness (QED) is 0.777. The Labute approximate surface area is 105 Å². The molecule has 0 atom stereocenters. The normalized spacial score (nSPS) is 17.0. The van der Waals surface area contributed by atoms with Crippen molar-refractivity contribution in [2.45, 2.75) is 38.6 Å². The highest BCUT2D eigenvalue weighted by Crippen LogP contribution is 2.24. The van der Waals surface area contributed by atoms with Gasteiger partial charge in [-0.25, -0.2) is 0 Å². The van der Waals surface area contributed by atoms with Gasteiger partial charge in [-0.1, -0.05) is 30.9 Å². The van der Waals surface area contributed by atoms with E-state index in [1.165, 1.54) is 32.1 Å². The summed E-state index contributed by atoms with van der Waals surface area (Å²) in [6.45, 7) is 0.705. The topological polar surface area (TPSA) is 39.1 Å². The summed E-state index contributed by atoms with van der Waals surface area (Å²) in [6.07, 6.45) is 8.36. The van der Waals surface area contributed by atoms with Gasteiger partial charge >= 0.3 is 0 Å².